The molecule has 0 bridgehead atoms. The van der Waals surface area contributed by atoms with Crippen molar-refractivity contribution >= 4 is 33.9 Å². The van der Waals surface area contributed by atoms with Crippen molar-refractivity contribution in [1.82, 2.24) is 4.90 Å². The number of carboxylic acid groups (broad SMARTS) is 1. The Morgan fingerprint density at radius 1 is 1.48 bits per heavy atom. The van der Waals surface area contributed by atoms with Gasteiger partial charge in [0.2, 0.25) is 0 Å². The van der Waals surface area contributed by atoms with E-state index in [2.05, 4.69) is 15.9 Å². The van der Waals surface area contributed by atoms with E-state index in [1.54, 1.807) is 30.1 Å². The van der Waals surface area contributed by atoms with Gasteiger partial charge in [-0.2, -0.15) is 0 Å². The molecule has 1 aliphatic carbocycles. The molecule has 1 N–H and O–H groups in total. The number of carbonyl (C=O) groups is 2. The molecule has 0 spiro atoms. The molecular weight excluding hydrogens is 338 g/mol. The van der Waals surface area contributed by atoms with Gasteiger partial charge in [-0.15, -0.1) is 0 Å². The third-order valence-electron chi connectivity index (χ3n) is 3.22. The summed E-state index contributed by atoms with van der Waals surface area (Å²) in [7, 11) is 1.78. The molecule has 1 saturated carbocycles. The fourth-order valence-corrected chi connectivity index (χ4v) is 2.19. The van der Waals surface area contributed by atoms with Crippen LogP contribution >= 0.6 is 15.9 Å². The lowest BCUT2D eigenvalue weighted by molar-refractivity contribution is -0.133. The zero-order valence-corrected chi connectivity index (χ0v) is 13.2. The van der Waals surface area contributed by atoms with Gasteiger partial charge in [-0.05, 0) is 42.7 Å². The summed E-state index contributed by atoms with van der Waals surface area (Å²) in [5.74, 6) is -0.543. The Labute approximate surface area is 131 Å². The summed E-state index contributed by atoms with van der Waals surface area (Å²) in [6.07, 6.45) is 4.64. The summed E-state index contributed by atoms with van der Waals surface area (Å²) < 4.78 is 6.23. The summed E-state index contributed by atoms with van der Waals surface area (Å²) in [4.78, 5) is 24.1. The quantitative estimate of drug-likeness (QED) is 0.798. The lowest BCUT2D eigenvalue weighted by atomic mass is 10.2. The lowest BCUT2D eigenvalue weighted by Gasteiger charge is -2.16. The number of hydrogen-bond acceptors (Lipinski definition) is 3. The van der Waals surface area contributed by atoms with E-state index >= 15 is 0 Å². The van der Waals surface area contributed by atoms with E-state index in [1.807, 2.05) is 0 Å². The first-order chi connectivity index (χ1) is 9.97. The van der Waals surface area contributed by atoms with Crippen LogP contribution in [-0.4, -0.2) is 41.6 Å². The highest BCUT2D eigenvalue weighted by Gasteiger charge is 2.29. The average molecular weight is 354 g/mol. The first kappa shape index (κ1) is 15.6. The van der Waals surface area contributed by atoms with Crippen molar-refractivity contribution in [2.45, 2.75) is 18.9 Å². The second kappa shape index (κ2) is 6.76. The molecule has 0 saturated heterocycles. The second-order valence-corrected chi connectivity index (χ2v) is 5.73. The minimum Gasteiger partial charge on any atom is -0.484 e. The molecular formula is C15H16BrNO4. The first-order valence-electron chi connectivity index (χ1n) is 6.56. The van der Waals surface area contributed by atoms with Crippen molar-refractivity contribution in [3.63, 3.8) is 0 Å². The number of nitrogens with zero attached hydrogens (tertiary/aromatic N) is 1. The van der Waals surface area contributed by atoms with E-state index in [1.165, 1.54) is 6.08 Å². The maximum Gasteiger partial charge on any atom is 0.328 e. The zero-order valence-electron chi connectivity index (χ0n) is 11.6. The minimum absolute atomic E-state index is 0.0171. The van der Waals surface area contributed by atoms with Gasteiger partial charge in [0.1, 0.15) is 5.75 Å². The monoisotopic (exact) mass is 353 g/mol. The van der Waals surface area contributed by atoms with Crippen LogP contribution in [0, 0.1) is 0 Å². The van der Waals surface area contributed by atoms with Crippen LogP contribution in [0.3, 0.4) is 0 Å². The molecule has 1 fully saturated rings. The number of rotatable bonds is 6. The van der Waals surface area contributed by atoms with Crippen molar-refractivity contribution in [3.05, 3.63) is 34.3 Å². The fourth-order valence-electron chi connectivity index (χ4n) is 1.81. The van der Waals surface area contributed by atoms with Gasteiger partial charge in [0.05, 0.1) is 0 Å². The number of carboxylic acids is 1. The Kier molecular flexibility index (Phi) is 5.01. The molecule has 112 valence electrons. The standard InChI is InChI=1S/C15H16BrNO4/c1-17(11-3-4-11)14(18)9-21-12-5-6-13(16)10(8-12)2-7-15(19)20/h2,5-8,11H,3-4,9H2,1H3,(H,19,20)/b7-2+. The highest BCUT2D eigenvalue weighted by Crippen LogP contribution is 2.26. The van der Waals surface area contributed by atoms with Crippen molar-refractivity contribution in [1.29, 1.82) is 0 Å². The third-order valence-corrected chi connectivity index (χ3v) is 3.95. The molecule has 21 heavy (non-hydrogen) atoms. The molecule has 0 atom stereocenters. The number of ether oxygens (including phenoxy) is 1. The van der Waals surface area contributed by atoms with Crippen LogP contribution in [0.2, 0.25) is 0 Å². The molecule has 0 aliphatic heterocycles. The van der Waals surface area contributed by atoms with E-state index < -0.39 is 5.97 Å². The number of likely N-dealkylation sites (N-methyl/N-ethyl adjacent to an activating group) is 1. The molecule has 0 unspecified atom stereocenters. The predicted octanol–water partition coefficient (Wildman–Crippen LogP) is 2.55. The Bertz CT molecular complexity index is 581. The molecule has 1 aromatic rings. The van der Waals surface area contributed by atoms with Gasteiger partial charge in [-0.25, -0.2) is 4.79 Å². The molecule has 0 heterocycles. The number of benzene rings is 1. The van der Waals surface area contributed by atoms with E-state index in [-0.39, 0.29) is 12.5 Å². The van der Waals surface area contributed by atoms with Gasteiger partial charge in [-0.3, -0.25) is 4.79 Å². The van der Waals surface area contributed by atoms with Crippen molar-refractivity contribution in [2.75, 3.05) is 13.7 Å². The molecule has 2 rings (SSSR count). The SMILES string of the molecule is CN(C(=O)COc1ccc(Br)c(/C=C/C(=O)O)c1)C1CC1. The summed E-state index contributed by atoms with van der Waals surface area (Å²) in [5.41, 5.74) is 0.679. The van der Waals surface area contributed by atoms with Crippen LogP contribution in [0.1, 0.15) is 18.4 Å². The largest absolute Gasteiger partial charge is 0.484 e. The summed E-state index contributed by atoms with van der Waals surface area (Å²) >= 11 is 3.34. The first-order valence-corrected chi connectivity index (χ1v) is 7.35. The van der Waals surface area contributed by atoms with Gasteiger partial charge in [0, 0.05) is 23.6 Å². The van der Waals surface area contributed by atoms with Crippen LogP contribution in [0.15, 0.2) is 28.7 Å². The highest BCUT2D eigenvalue weighted by atomic mass is 79.9. The van der Waals surface area contributed by atoms with Crippen molar-refractivity contribution in [2.24, 2.45) is 0 Å². The van der Waals surface area contributed by atoms with Crippen LogP contribution < -0.4 is 4.74 Å². The van der Waals surface area contributed by atoms with Gasteiger partial charge in [0.15, 0.2) is 6.61 Å². The second-order valence-electron chi connectivity index (χ2n) is 4.88. The number of hydrogen-bond donors (Lipinski definition) is 1. The average Bonchev–Trinajstić information content (AvgIpc) is 3.28. The van der Waals surface area contributed by atoms with Gasteiger partial charge in [-0.1, -0.05) is 15.9 Å². The molecule has 0 aromatic heterocycles. The molecule has 1 aliphatic rings. The summed E-state index contributed by atoms with van der Waals surface area (Å²) in [6.45, 7) is -0.0171. The van der Waals surface area contributed by atoms with Crippen LogP contribution in [0.25, 0.3) is 6.08 Å². The maximum atomic E-state index is 11.9. The van der Waals surface area contributed by atoms with Crippen LogP contribution in [0.4, 0.5) is 0 Å². The zero-order chi connectivity index (χ0) is 15.4. The third kappa shape index (κ3) is 4.60. The van der Waals surface area contributed by atoms with E-state index in [4.69, 9.17) is 9.84 Å². The van der Waals surface area contributed by atoms with Crippen LogP contribution in [0.5, 0.6) is 5.75 Å². The predicted molar refractivity (Wildman–Crippen MR) is 82.1 cm³/mol. The number of carbonyl (C=O) groups excluding carboxylic acids is 1. The number of amides is 1. The summed E-state index contributed by atoms with van der Waals surface area (Å²) in [6, 6.07) is 5.53. The maximum absolute atomic E-state index is 11.9. The van der Waals surface area contributed by atoms with Crippen molar-refractivity contribution in [3.8, 4) is 5.75 Å². The Morgan fingerprint density at radius 2 is 2.19 bits per heavy atom. The Hall–Kier alpha value is -1.82. The van der Waals surface area contributed by atoms with Gasteiger partial charge < -0.3 is 14.7 Å². The molecule has 5 nitrogen and oxygen atoms in total. The normalized spacial score (nSPS) is 14.2. The smallest absolute Gasteiger partial charge is 0.328 e. The molecule has 6 heteroatoms. The Balaban J connectivity index is 1.98. The minimum atomic E-state index is -1.02. The summed E-state index contributed by atoms with van der Waals surface area (Å²) in [5, 5.41) is 8.65. The van der Waals surface area contributed by atoms with Gasteiger partial charge >= 0.3 is 5.97 Å². The van der Waals surface area contributed by atoms with Crippen molar-refractivity contribution < 1.29 is 19.4 Å². The lowest BCUT2D eigenvalue weighted by Crippen LogP contribution is -2.33. The fraction of sp³-hybridized carbons (Fsp3) is 0.333. The molecule has 1 amide bonds. The van der Waals surface area contributed by atoms with E-state index in [0.717, 1.165) is 23.4 Å². The molecule has 1 aromatic carbocycles. The number of aliphatic carboxylic acids is 1. The number of halogens is 1. The topological polar surface area (TPSA) is 66.8 Å². The van der Waals surface area contributed by atoms with Crippen LogP contribution in [-0.2, 0) is 9.59 Å². The molecule has 0 radical (unpaired) electrons. The Morgan fingerprint density at radius 3 is 2.81 bits per heavy atom. The van der Waals surface area contributed by atoms with E-state index in [9.17, 15) is 9.59 Å². The highest BCUT2D eigenvalue weighted by molar-refractivity contribution is 9.10. The van der Waals surface area contributed by atoms with Gasteiger partial charge in [0.25, 0.3) is 5.91 Å². The van der Waals surface area contributed by atoms with E-state index in [0.29, 0.717) is 17.4 Å².